The van der Waals surface area contributed by atoms with Gasteiger partial charge in [-0.2, -0.15) is 0 Å². The van der Waals surface area contributed by atoms with Crippen molar-refractivity contribution >= 4 is 0 Å². The molecule has 146 valence electrons. The molecule has 2 aromatic carbocycles. The van der Waals surface area contributed by atoms with Gasteiger partial charge in [-0.05, 0) is 59.6 Å². The van der Waals surface area contributed by atoms with E-state index < -0.39 is 0 Å². The number of ether oxygens (including phenoxy) is 4. The highest BCUT2D eigenvalue weighted by atomic mass is 16.7. The maximum absolute atomic E-state index is 5.64. The van der Waals surface area contributed by atoms with E-state index in [0.29, 0.717) is 44.1 Å². The lowest BCUT2D eigenvalue weighted by Gasteiger charge is -2.56. The van der Waals surface area contributed by atoms with Gasteiger partial charge >= 0.3 is 0 Å². The van der Waals surface area contributed by atoms with Crippen molar-refractivity contribution in [3.05, 3.63) is 58.7 Å². The van der Waals surface area contributed by atoms with Crippen molar-refractivity contribution in [1.82, 2.24) is 5.32 Å². The first kappa shape index (κ1) is 16.8. The quantitative estimate of drug-likeness (QED) is 0.884. The molecule has 0 atom stereocenters. The minimum absolute atomic E-state index is 0.346. The molecule has 0 radical (unpaired) electrons. The number of hydrogen-bond acceptors (Lipinski definition) is 5. The van der Waals surface area contributed by atoms with Crippen LogP contribution in [0, 0.1) is 11.3 Å². The Morgan fingerprint density at radius 2 is 1.39 bits per heavy atom. The first-order valence-electron chi connectivity index (χ1n) is 10.2. The van der Waals surface area contributed by atoms with E-state index in [9.17, 15) is 0 Å². The summed E-state index contributed by atoms with van der Waals surface area (Å²) in [6.45, 7) is 4.29. The van der Waals surface area contributed by atoms with Crippen molar-refractivity contribution < 1.29 is 18.9 Å². The number of hydrogen-bond donors (Lipinski definition) is 1. The first-order chi connectivity index (χ1) is 13.8. The second-order valence-electron chi connectivity index (χ2n) is 8.71. The number of nitrogens with one attached hydrogen (secondary N) is 1. The summed E-state index contributed by atoms with van der Waals surface area (Å²) >= 11 is 0. The highest BCUT2D eigenvalue weighted by Crippen LogP contribution is 2.55. The summed E-state index contributed by atoms with van der Waals surface area (Å²) in [4.78, 5) is 0. The van der Waals surface area contributed by atoms with E-state index in [0.717, 1.165) is 22.6 Å². The molecule has 28 heavy (non-hydrogen) atoms. The van der Waals surface area contributed by atoms with Gasteiger partial charge in [-0.25, -0.2) is 0 Å². The Kier molecular flexibility index (Phi) is 3.89. The van der Waals surface area contributed by atoms with E-state index in [-0.39, 0.29) is 0 Å². The molecular formula is C23H25NO4. The maximum Gasteiger partial charge on any atom is 0.189 e. The molecule has 1 N–H and O–H groups in total. The van der Waals surface area contributed by atoms with Gasteiger partial charge in [0, 0.05) is 30.1 Å². The van der Waals surface area contributed by atoms with Crippen molar-refractivity contribution in [3.8, 4) is 11.5 Å². The molecule has 2 fully saturated rings. The average Bonchev–Trinajstić information content (AvgIpc) is 2.68. The van der Waals surface area contributed by atoms with Gasteiger partial charge in [0.25, 0.3) is 0 Å². The zero-order valence-electron chi connectivity index (χ0n) is 15.9. The summed E-state index contributed by atoms with van der Waals surface area (Å²) in [5.41, 5.74) is 5.56. The van der Waals surface area contributed by atoms with Crippen molar-refractivity contribution in [3.63, 3.8) is 0 Å². The van der Waals surface area contributed by atoms with Crippen LogP contribution in [0.3, 0.4) is 0 Å². The van der Waals surface area contributed by atoms with Crippen LogP contribution in [0.1, 0.15) is 41.0 Å². The molecule has 1 spiro atoms. The van der Waals surface area contributed by atoms with E-state index in [1.807, 2.05) is 0 Å². The highest BCUT2D eigenvalue weighted by Gasteiger charge is 2.51. The lowest BCUT2D eigenvalue weighted by atomic mass is 9.53. The fourth-order valence-electron chi connectivity index (χ4n) is 5.40. The van der Waals surface area contributed by atoms with E-state index in [1.54, 1.807) is 0 Å². The van der Waals surface area contributed by atoms with Crippen LogP contribution in [-0.2, 0) is 22.7 Å². The molecule has 0 unspecified atom stereocenters. The Labute approximate surface area is 164 Å². The van der Waals surface area contributed by atoms with Crippen LogP contribution >= 0.6 is 0 Å². The molecule has 5 heteroatoms. The third kappa shape index (κ3) is 2.72. The van der Waals surface area contributed by atoms with Gasteiger partial charge in [-0.3, -0.25) is 0 Å². The Balaban J connectivity index is 1.38. The fourth-order valence-corrected chi connectivity index (χ4v) is 5.40. The lowest BCUT2D eigenvalue weighted by molar-refractivity contribution is -0.0173. The molecule has 5 nitrogen and oxygen atoms in total. The smallest absolute Gasteiger partial charge is 0.189 e. The van der Waals surface area contributed by atoms with Gasteiger partial charge in [-0.1, -0.05) is 12.1 Å². The molecule has 6 rings (SSSR count). The molecule has 0 bridgehead atoms. The lowest BCUT2D eigenvalue weighted by Crippen LogP contribution is -2.61. The number of rotatable bonds is 3. The summed E-state index contributed by atoms with van der Waals surface area (Å²) in [5, 5.41) is 3.46. The Hall–Kier alpha value is -2.08. The summed E-state index contributed by atoms with van der Waals surface area (Å²) in [5.74, 6) is 2.95. The molecule has 1 saturated heterocycles. The van der Waals surface area contributed by atoms with Gasteiger partial charge in [0.05, 0.1) is 13.2 Å². The van der Waals surface area contributed by atoms with Crippen LogP contribution in [0.25, 0.3) is 0 Å². The van der Waals surface area contributed by atoms with E-state index in [4.69, 9.17) is 18.9 Å². The SMILES string of the molecule is c1cc2c(cc1C(c1ccc3c(c1)COCO3)C1CC3(CNC3)C1)COCO2. The fraction of sp³-hybridized carbons (Fsp3) is 0.478. The number of fused-ring (bicyclic) bond motifs is 2. The summed E-state index contributed by atoms with van der Waals surface area (Å²) in [6, 6.07) is 13.3. The Bertz CT molecular complexity index is 840. The average molecular weight is 379 g/mol. The van der Waals surface area contributed by atoms with Crippen molar-refractivity contribution in [2.24, 2.45) is 11.3 Å². The Morgan fingerprint density at radius 1 is 0.821 bits per heavy atom. The van der Waals surface area contributed by atoms with Gasteiger partial charge in [0.2, 0.25) is 0 Å². The third-order valence-corrected chi connectivity index (χ3v) is 6.86. The van der Waals surface area contributed by atoms with Crippen LogP contribution in [0.4, 0.5) is 0 Å². The van der Waals surface area contributed by atoms with Crippen LogP contribution in [-0.4, -0.2) is 26.7 Å². The molecule has 1 aliphatic carbocycles. The van der Waals surface area contributed by atoms with Crippen LogP contribution in [0.15, 0.2) is 36.4 Å². The minimum Gasteiger partial charge on any atom is -0.467 e. The van der Waals surface area contributed by atoms with E-state index in [1.165, 1.54) is 37.1 Å². The van der Waals surface area contributed by atoms with Crippen molar-refractivity contribution in [1.29, 1.82) is 0 Å². The highest BCUT2D eigenvalue weighted by molar-refractivity contribution is 5.46. The van der Waals surface area contributed by atoms with Crippen LogP contribution < -0.4 is 14.8 Å². The van der Waals surface area contributed by atoms with Crippen LogP contribution in [0.2, 0.25) is 0 Å². The molecule has 0 aromatic heterocycles. The van der Waals surface area contributed by atoms with Crippen molar-refractivity contribution in [2.45, 2.75) is 32.0 Å². The van der Waals surface area contributed by atoms with Crippen LogP contribution in [0.5, 0.6) is 11.5 Å². The Morgan fingerprint density at radius 3 is 1.89 bits per heavy atom. The topological polar surface area (TPSA) is 49.0 Å². The maximum atomic E-state index is 5.64. The molecule has 0 amide bonds. The van der Waals surface area contributed by atoms with Gasteiger partial charge in [0.15, 0.2) is 13.6 Å². The largest absolute Gasteiger partial charge is 0.467 e. The predicted octanol–water partition coefficient (Wildman–Crippen LogP) is 3.55. The zero-order valence-corrected chi connectivity index (χ0v) is 15.9. The second-order valence-corrected chi connectivity index (χ2v) is 8.71. The standard InChI is InChI=1S/C23H25NO4/c1-3-20-17(9-25-13-27-20)5-15(1)22(19-7-23(8-19)11-24-12-23)16-2-4-21-18(6-16)10-26-14-28-21/h1-6,19,22,24H,7-14H2. The summed E-state index contributed by atoms with van der Waals surface area (Å²) in [6.07, 6.45) is 2.58. The predicted molar refractivity (Wildman–Crippen MR) is 103 cm³/mol. The molecule has 3 aliphatic heterocycles. The third-order valence-electron chi connectivity index (χ3n) is 6.86. The number of benzene rings is 2. The summed E-state index contributed by atoms with van der Waals surface area (Å²) < 4.78 is 22.3. The normalized spacial score (nSPS) is 22.5. The van der Waals surface area contributed by atoms with E-state index >= 15 is 0 Å². The van der Waals surface area contributed by atoms with Gasteiger partial charge in [-0.15, -0.1) is 0 Å². The molecular weight excluding hydrogens is 354 g/mol. The monoisotopic (exact) mass is 379 g/mol. The molecule has 2 aromatic rings. The minimum atomic E-state index is 0.346. The summed E-state index contributed by atoms with van der Waals surface area (Å²) in [7, 11) is 0. The van der Waals surface area contributed by atoms with Gasteiger partial charge < -0.3 is 24.3 Å². The molecule has 3 heterocycles. The first-order valence-corrected chi connectivity index (χ1v) is 10.2. The van der Waals surface area contributed by atoms with Gasteiger partial charge in [0.1, 0.15) is 11.5 Å². The van der Waals surface area contributed by atoms with E-state index in [2.05, 4.69) is 41.7 Å². The molecule has 1 saturated carbocycles. The second kappa shape index (κ2) is 6.48. The zero-order chi connectivity index (χ0) is 18.6. The molecule has 4 aliphatic rings. The van der Waals surface area contributed by atoms with Crippen molar-refractivity contribution in [2.75, 3.05) is 26.7 Å².